The second-order valence-electron chi connectivity index (χ2n) is 8.81. The van der Waals surface area contributed by atoms with E-state index in [4.69, 9.17) is 16.3 Å². The average Bonchev–Trinajstić information content (AvgIpc) is 2.93. The standard InChI is InChI=1S/C25H33ClN4O6S/c1-27-20-11-14-29(15-12-20)24(31)13-16-30(37(34,35)22-9-7-21(36-2)8-10-22)23(25(32)28-33)17-18-3-5-19(26)6-4-18/h3-10,20,23,27,33H,11-17H2,1-2H3,(H,28,32). The summed E-state index contributed by atoms with van der Waals surface area (Å²) in [6.07, 6.45) is 1.46. The first-order chi connectivity index (χ1) is 17.7. The Balaban J connectivity index is 1.90. The van der Waals surface area contributed by atoms with Crippen LogP contribution < -0.4 is 15.5 Å². The Morgan fingerprint density at radius 2 is 1.76 bits per heavy atom. The molecule has 1 aliphatic heterocycles. The zero-order valence-corrected chi connectivity index (χ0v) is 22.5. The van der Waals surface area contributed by atoms with Gasteiger partial charge in [-0.2, -0.15) is 4.31 Å². The highest BCUT2D eigenvalue weighted by molar-refractivity contribution is 7.89. The Labute approximate surface area is 222 Å². The molecule has 0 spiro atoms. The lowest BCUT2D eigenvalue weighted by Crippen LogP contribution is -2.51. The number of hydrogen-bond donors (Lipinski definition) is 3. The van der Waals surface area contributed by atoms with E-state index in [-0.39, 0.29) is 30.2 Å². The molecule has 2 aromatic carbocycles. The second kappa shape index (κ2) is 13.2. The van der Waals surface area contributed by atoms with Crippen LogP contribution in [0.1, 0.15) is 24.8 Å². The van der Waals surface area contributed by atoms with Gasteiger partial charge in [-0.25, -0.2) is 13.9 Å². The van der Waals surface area contributed by atoms with E-state index in [9.17, 15) is 23.2 Å². The van der Waals surface area contributed by atoms with Crippen molar-refractivity contribution in [1.82, 2.24) is 20.0 Å². The van der Waals surface area contributed by atoms with Gasteiger partial charge in [0.05, 0.1) is 12.0 Å². The zero-order valence-electron chi connectivity index (χ0n) is 20.9. The van der Waals surface area contributed by atoms with Gasteiger partial charge in [0.25, 0.3) is 5.91 Å². The minimum Gasteiger partial charge on any atom is -0.497 e. The summed E-state index contributed by atoms with van der Waals surface area (Å²) >= 11 is 5.97. The normalized spacial score (nSPS) is 15.4. The van der Waals surface area contributed by atoms with Crippen LogP contribution in [0.4, 0.5) is 0 Å². The molecular weight excluding hydrogens is 520 g/mol. The Morgan fingerprint density at radius 3 is 2.30 bits per heavy atom. The van der Waals surface area contributed by atoms with Crippen LogP contribution in [0.3, 0.4) is 0 Å². The molecule has 37 heavy (non-hydrogen) atoms. The summed E-state index contributed by atoms with van der Waals surface area (Å²) in [5.41, 5.74) is 2.22. The quantitative estimate of drug-likeness (QED) is 0.287. The van der Waals surface area contributed by atoms with Gasteiger partial charge in [0.1, 0.15) is 11.8 Å². The number of likely N-dealkylation sites (tertiary alicyclic amines) is 1. The van der Waals surface area contributed by atoms with E-state index in [1.54, 1.807) is 34.6 Å². The van der Waals surface area contributed by atoms with E-state index in [1.165, 1.54) is 31.4 Å². The molecule has 0 aromatic heterocycles. The number of halogens is 1. The summed E-state index contributed by atoms with van der Waals surface area (Å²) in [5, 5.41) is 13.2. The summed E-state index contributed by atoms with van der Waals surface area (Å²) in [6.45, 7) is 0.895. The number of benzene rings is 2. The molecular formula is C25H33ClN4O6S. The number of rotatable bonds is 11. The Morgan fingerprint density at radius 1 is 1.14 bits per heavy atom. The van der Waals surface area contributed by atoms with Crippen molar-refractivity contribution in [3.63, 3.8) is 0 Å². The molecule has 0 radical (unpaired) electrons. The molecule has 12 heteroatoms. The fourth-order valence-electron chi connectivity index (χ4n) is 4.35. The van der Waals surface area contributed by atoms with Crippen LogP contribution in [0.15, 0.2) is 53.4 Å². The molecule has 1 heterocycles. The number of carbonyl (C=O) groups is 2. The molecule has 3 N–H and O–H groups in total. The number of piperidine rings is 1. The van der Waals surface area contributed by atoms with Crippen LogP contribution in [-0.2, 0) is 26.0 Å². The fraction of sp³-hybridized carbons (Fsp3) is 0.440. The number of hydrogen-bond acceptors (Lipinski definition) is 7. The maximum absolute atomic E-state index is 13.8. The van der Waals surface area contributed by atoms with Gasteiger partial charge in [-0.05, 0) is 68.3 Å². The molecule has 0 saturated carbocycles. The van der Waals surface area contributed by atoms with E-state index in [0.29, 0.717) is 35.5 Å². The van der Waals surface area contributed by atoms with Crippen LogP contribution in [0, 0.1) is 0 Å². The van der Waals surface area contributed by atoms with Crippen LogP contribution in [0.2, 0.25) is 5.02 Å². The maximum Gasteiger partial charge on any atom is 0.262 e. The summed E-state index contributed by atoms with van der Waals surface area (Å²) in [6, 6.07) is 11.4. The Hall–Kier alpha value is -2.70. The highest BCUT2D eigenvalue weighted by Gasteiger charge is 2.37. The van der Waals surface area contributed by atoms with Crippen molar-refractivity contribution in [1.29, 1.82) is 0 Å². The van der Waals surface area contributed by atoms with Crippen molar-refractivity contribution in [2.45, 2.75) is 42.7 Å². The van der Waals surface area contributed by atoms with Crippen molar-refractivity contribution < 1.29 is 28.0 Å². The largest absolute Gasteiger partial charge is 0.497 e. The zero-order chi connectivity index (χ0) is 27.0. The number of carbonyl (C=O) groups excluding carboxylic acids is 2. The summed E-state index contributed by atoms with van der Waals surface area (Å²) < 4.78 is 33.7. The Bertz CT molecular complexity index is 1150. The van der Waals surface area contributed by atoms with Crippen LogP contribution in [-0.4, -0.2) is 80.5 Å². The van der Waals surface area contributed by atoms with Gasteiger partial charge in [-0.1, -0.05) is 23.7 Å². The number of sulfonamides is 1. The third-order valence-corrected chi connectivity index (χ3v) is 8.75. The molecule has 1 aliphatic rings. The minimum atomic E-state index is -4.25. The number of hydroxylamine groups is 1. The van der Waals surface area contributed by atoms with Crippen molar-refractivity contribution in [3.05, 3.63) is 59.1 Å². The molecule has 0 bridgehead atoms. The second-order valence-corrected chi connectivity index (χ2v) is 11.1. The summed E-state index contributed by atoms with van der Waals surface area (Å²) in [4.78, 5) is 27.5. The molecule has 3 rings (SSSR count). The van der Waals surface area contributed by atoms with Crippen LogP contribution >= 0.6 is 11.6 Å². The lowest BCUT2D eigenvalue weighted by molar-refractivity contribution is -0.135. The first-order valence-electron chi connectivity index (χ1n) is 12.0. The van der Waals surface area contributed by atoms with Gasteiger partial charge in [-0.15, -0.1) is 0 Å². The first-order valence-corrected chi connectivity index (χ1v) is 13.8. The number of amides is 2. The molecule has 202 valence electrons. The van der Waals surface area contributed by atoms with Gasteiger partial charge in [0.15, 0.2) is 0 Å². The summed E-state index contributed by atoms with van der Waals surface area (Å²) in [5.74, 6) is -0.634. The monoisotopic (exact) mass is 552 g/mol. The molecule has 0 aliphatic carbocycles. The van der Waals surface area contributed by atoms with E-state index in [0.717, 1.165) is 17.1 Å². The molecule has 1 atom stereocenters. The number of nitrogens with zero attached hydrogens (tertiary/aromatic N) is 2. The minimum absolute atomic E-state index is 0.0410. The smallest absolute Gasteiger partial charge is 0.262 e. The van der Waals surface area contributed by atoms with E-state index in [1.807, 2.05) is 7.05 Å². The molecule has 1 saturated heterocycles. The van der Waals surface area contributed by atoms with E-state index in [2.05, 4.69) is 5.32 Å². The van der Waals surface area contributed by atoms with Gasteiger partial charge in [0.2, 0.25) is 15.9 Å². The van der Waals surface area contributed by atoms with Crippen molar-refractivity contribution in [2.75, 3.05) is 33.8 Å². The van der Waals surface area contributed by atoms with E-state index >= 15 is 0 Å². The lowest BCUT2D eigenvalue weighted by atomic mass is 10.0. The van der Waals surface area contributed by atoms with Crippen LogP contribution in [0.5, 0.6) is 5.75 Å². The van der Waals surface area contributed by atoms with Crippen molar-refractivity contribution in [2.24, 2.45) is 0 Å². The van der Waals surface area contributed by atoms with Gasteiger partial charge in [0, 0.05) is 37.1 Å². The first kappa shape index (κ1) is 28.9. The highest BCUT2D eigenvalue weighted by atomic mass is 35.5. The summed E-state index contributed by atoms with van der Waals surface area (Å²) in [7, 11) is -0.896. The predicted octanol–water partition coefficient (Wildman–Crippen LogP) is 2.06. The van der Waals surface area contributed by atoms with Crippen molar-refractivity contribution in [3.8, 4) is 5.75 Å². The molecule has 2 aromatic rings. The topological polar surface area (TPSA) is 128 Å². The number of methoxy groups -OCH3 is 1. The third kappa shape index (κ3) is 7.42. The molecule has 1 unspecified atom stereocenters. The van der Waals surface area contributed by atoms with Gasteiger partial charge < -0.3 is 15.0 Å². The predicted molar refractivity (Wildman–Crippen MR) is 139 cm³/mol. The third-order valence-electron chi connectivity index (χ3n) is 6.57. The average molecular weight is 553 g/mol. The highest BCUT2D eigenvalue weighted by Crippen LogP contribution is 2.24. The fourth-order valence-corrected chi connectivity index (χ4v) is 6.07. The molecule has 2 amide bonds. The molecule has 1 fully saturated rings. The Kier molecular flexibility index (Phi) is 10.3. The number of nitrogens with one attached hydrogen (secondary N) is 2. The van der Waals surface area contributed by atoms with Crippen LogP contribution in [0.25, 0.3) is 0 Å². The SMILES string of the molecule is CNC1CCN(C(=O)CCN(C(Cc2ccc(Cl)cc2)C(=O)NO)S(=O)(=O)c2ccc(OC)cc2)CC1. The van der Waals surface area contributed by atoms with E-state index < -0.39 is 22.0 Å². The van der Waals surface area contributed by atoms with Crippen molar-refractivity contribution >= 4 is 33.4 Å². The van der Waals surface area contributed by atoms with Gasteiger partial charge in [-0.3, -0.25) is 14.8 Å². The maximum atomic E-state index is 13.8. The molecule has 10 nitrogen and oxygen atoms in total. The number of ether oxygens (including phenoxy) is 1. The lowest BCUT2D eigenvalue weighted by Gasteiger charge is -2.33. The van der Waals surface area contributed by atoms with Gasteiger partial charge >= 0.3 is 0 Å².